The summed E-state index contributed by atoms with van der Waals surface area (Å²) in [6, 6.07) is 5.26. The lowest BCUT2D eigenvalue weighted by Gasteiger charge is -2.44. The molecule has 1 aromatic carbocycles. The average molecular weight is 400 g/mol. The van der Waals surface area contributed by atoms with Crippen molar-refractivity contribution in [2.24, 2.45) is 0 Å². The van der Waals surface area contributed by atoms with E-state index in [2.05, 4.69) is 4.74 Å². The molecule has 0 radical (unpaired) electrons. The smallest absolute Gasteiger partial charge is 0.405 e. The third kappa shape index (κ3) is 3.94. The Bertz CT molecular complexity index is 740. The SMILES string of the molecule is COCCN1CCCC2(CCCN2C(=O)c2ccccc2OC(F)(F)F)C1=O. The largest absolute Gasteiger partial charge is 0.573 e. The predicted octanol–water partition coefficient (Wildman–Crippen LogP) is 2.83. The van der Waals surface area contributed by atoms with Gasteiger partial charge in [-0.2, -0.15) is 0 Å². The summed E-state index contributed by atoms with van der Waals surface area (Å²) in [5, 5.41) is 0. The summed E-state index contributed by atoms with van der Waals surface area (Å²) in [4.78, 5) is 29.5. The van der Waals surface area contributed by atoms with Gasteiger partial charge in [0.05, 0.1) is 12.2 Å². The lowest BCUT2D eigenvalue weighted by atomic mass is 9.85. The number of hydrogen-bond acceptors (Lipinski definition) is 4. The standard InChI is InChI=1S/C19H23F3N2O4/c1-27-13-12-23-10-4-8-18(17(23)26)9-5-11-24(18)16(25)14-6-2-3-7-15(14)28-19(20,21)22/h2-3,6-7H,4-5,8-13H2,1H3. The molecule has 3 rings (SSSR count). The van der Waals surface area contributed by atoms with Gasteiger partial charge >= 0.3 is 6.36 Å². The van der Waals surface area contributed by atoms with Crippen LogP contribution >= 0.6 is 0 Å². The first-order valence-electron chi connectivity index (χ1n) is 9.23. The Morgan fingerprint density at radius 1 is 1.18 bits per heavy atom. The van der Waals surface area contributed by atoms with Gasteiger partial charge in [0.15, 0.2) is 0 Å². The summed E-state index contributed by atoms with van der Waals surface area (Å²) in [7, 11) is 1.55. The summed E-state index contributed by atoms with van der Waals surface area (Å²) < 4.78 is 47.2. The molecule has 6 nitrogen and oxygen atoms in total. The second-order valence-electron chi connectivity index (χ2n) is 7.02. The Morgan fingerprint density at radius 3 is 2.54 bits per heavy atom. The Balaban J connectivity index is 1.89. The zero-order valence-electron chi connectivity index (χ0n) is 15.6. The Labute approximate surface area is 161 Å². The minimum absolute atomic E-state index is 0.157. The minimum atomic E-state index is -4.91. The number of benzene rings is 1. The van der Waals surface area contributed by atoms with Gasteiger partial charge in [0, 0.05) is 26.7 Å². The maximum atomic E-state index is 13.2. The predicted molar refractivity (Wildman–Crippen MR) is 93.8 cm³/mol. The van der Waals surface area contributed by atoms with Gasteiger partial charge in [-0.3, -0.25) is 9.59 Å². The van der Waals surface area contributed by atoms with Crippen LogP contribution in [0.3, 0.4) is 0 Å². The first kappa shape index (κ1) is 20.4. The van der Waals surface area contributed by atoms with Gasteiger partial charge in [0.25, 0.3) is 5.91 Å². The van der Waals surface area contributed by atoms with E-state index >= 15 is 0 Å². The second-order valence-corrected chi connectivity index (χ2v) is 7.02. The van der Waals surface area contributed by atoms with E-state index in [1.807, 2.05) is 0 Å². The van der Waals surface area contributed by atoms with Gasteiger partial charge in [-0.15, -0.1) is 13.2 Å². The van der Waals surface area contributed by atoms with Gasteiger partial charge < -0.3 is 19.3 Å². The number of halogens is 3. The third-order valence-electron chi connectivity index (χ3n) is 5.35. The summed E-state index contributed by atoms with van der Waals surface area (Å²) in [5.41, 5.74) is -1.20. The molecule has 28 heavy (non-hydrogen) atoms. The molecule has 9 heteroatoms. The third-order valence-corrected chi connectivity index (χ3v) is 5.35. The highest BCUT2D eigenvalue weighted by atomic mass is 19.4. The minimum Gasteiger partial charge on any atom is -0.405 e. The Hall–Kier alpha value is -2.29. The number of rotatable bonds is 5. The van der Waals surface area contributed by atoms with Gasteiger partial charge in [-0.1, -0.05) is 12.1 Å². The van der Waals surface area contributed by atoms with Gasteiger partial charge in [-0.05, 0) is 37.8 Å². The van der Waals surface area contributed by atoms with E-state index in [-0.39, 0.29) is 11.5 Å². The summed E-state index contributed by atoms with van der Waals surface area (Å²) in [5.74, 6) is -1.32. The van der Waals surface area contributed by atoms with Crippen molar-refractivity contribution in [1.29, 1.82) is 0 Å². The Morgan fingerprint density at radius 2 is 1.86 bits per heavy atom. The monoisotopic (exact) mass is 400 g/mol. The van der Waals surface area contributed by atoms with Crippen LogP contribution in [-0.2, 0) is 9.53 Å². The molecule has 0 aliphatic carbocycles. The number of ether oxygens (including phenoxy) is 2. The van der Waals surface area contributed by atoms with E-state index in [0.29, 0.717) is 45.5 Å². The average Bonchev–Trinajstić information content (AvgIpc) is 3.06. The molecule has 2 aliphatic rings. The number of hydrogen-bond donors (Lipinski definition) is 0. The van der Waals surface area contributed by atoms with Gasteiger partial charge in [-0.25, -0.2) is 0 Å². The van der Waals surface area contributed by atoms with Crippen molar-refractivity contribution in [3.8, 4) is 5.75 Å². The highest BCUT2D eigenvalue weighted by molar-refractivity contribution is 6.01. The molecule has 0 bridgehead atoms. The number of alkyl halides is 3. The van der Waals surface area contributed by atoms with Gasteiger partial charge in [0.1, 0.15) is 11.3 Å². The van der Waals surface area contributed by atoms with Crippen molar-refractivity contribution in [2.75, 3.05) is 33.4 Å². The Kier molecular flexibility index (Phi) is 5.83. The van der Waals surface area contributed by atoms with Crippen LogP contribution in [0.1, 0.15) is 36.0 Å². The van der Waals surface area contributed by atoms with Crippen LogP contribution in [-0.4, -0.2) is 66.9 Å². The van der Waals surface area contributed by atoms with Crippen LogP contribution in [0.2, 0.25) is 0 Å². The maximum Gasteiger partial charge on any atom is 0.573 e. The maximum absolute atomic E-state index is 13.2. The van der Waals surface area contributed by atoms with E-state index in [9.17, 15) is 22.8 Å². The molecule has 1 spiro atoms. The van der Waals surface area contributed by atoms with E-state index < -0.39 is 23.6 Å². The van der Waals surface area contributed by atoms with E-state index in [1.54, 1.807) is 12.0 Å². The van der Waals surface area contributed by atoms with Crippen LogP contribution in [0.5, 0.6) is 5.75 Å². The zero-order chi connectivity index (χ0) is 20.4. The molecule has 2 heterocycles. The number of para-hydroxylation sites is 1. The lowest BCUT2D eigenvalue weighted by molar-refractivity contribution is -0.274. The number of likely N-dealkylation sites (tertiary alicyclic amines) is 2. The molecular weight excluding hydrogens is 377 g/mol. The van der Waals surface area contributed by atoms with Crippen LogP contribution in [0.25, 0.3) is 0 Å². The van der Waals surface area contributed by atoms with Crippen molar-refractivity contribution >= 4 is 11.8 Å². The summed E-state index contributed by atoms with van der Waals surface area (Å²) >= 11 is 0. The number of methoxy groups -OCH3 is 1. The van der Waals surface area contributed by atoms with Crippen molar-refractivity contribution in [3.05, 3.63) is 29.8 Å². The van der Waals surface area contributed by atoms with Crippen LogP contribution in [0, 0.1) is 0 Å². The molecular formula is C19H23F3N2O4. The highest BCUT2D eigenvalue weighted by Crippen LogP contribution is 2.40. The summed E-state index contributed by atoms with van der Waals surface area (Å²) in [6.07, 6.45) is -2.55. The van der Waals surface area contributed by atoms with Crippen LogP contribution in [0.4, 0.5) is 13.2 Å². The molecule has 1 atom stereocenters. The fraction of sp³-hybridized carbons (Fsp3) is 0.579. The van der Waals surface area contributed by atoms with E-state index in [4.69, 9.17) is 4.74 Å². The molecule has 0 aromatic heterocycles. The lowest BCUT2D eigenvalue weighted by Crippen LogP contribution is -2.61. The fourth-order valence-corrected chi connectivity index (χ4v) is 4.14. The molecule has 154 valence electrons. The number of carbonyl (C=O) groups is 2. The number of nitrogens with zero attached hydrogens (tertiary/aromatic N) is 2. The molecule has 1 aromatic rings. The van der Waals surface area contributed by atoms with Crippen molar-refractivity contribution in [1.82, 2.24) is 9.80 Å². The molecule has 2 saturated heterocycles. The molecule has 2 fully saturated rings. The number of piperidine rings is 1. The zero-order valence-corrected chi connectivity index (χ0v) is 15.6. The topological polar surface area (TPSA) is 59.1 Å². The van der Waals surface area contributed by atoms with Crippen LogP contribution in [0.15, 0.2) is 24.3 Å². The second kappa shape index (κ2) is 7.98. The molecule has 0 saturated carbocycles. The van der Waals surface area contributed by atoms with Crippen LogP contribution < -0.4 is 4.74 Å². The summed E-state index contributed by atoms with van der Waals surface area (Å²) in [6.45, 7) is 1.72. The fourth-order valence-electron chi connectivity index (χ4n) is 4.14. The molecule has 2 aliphatic heterocycles. The van der Waals surface area contributed by atoms with Gasteiger partial charge in [0.2, 0.25) is 5.91 Å². The van der Waals surface area contributed by atoms with Crippen molar-refractivity contribution < 1.29 is 32.2 Å². The first-order valence-corrected chi connectivity index (χ1v) is 9.23. The molecule has 2 amide bonds. The van der Waals surface area contributed by atoms with E-state index in [1.165, 1.54) is 23.1 Å². The highest BCUT2D eigenvalue weighted by Gasteiger charge is 2.53. The first-order chi connectivity index (χ1) is 13.3. The van der Waals surface area contributed by atoms with Crippen molar-refractivity contribution in [2.45, 2.75) is 37.6 Å². The van der Waals surface area contributed by atoms with E-state index in [0.717, 1.165) is 12.5 Å². The molecule has 0 N–H and O–H groups in total. The quantitative estimate of drug-likeness (QED) is 0.763. The number of carbonyl (C=O) groups excluding carboxylic acids is 2. The van der Waals surface area contributed by atoms with Crippen molar-refractivity contribution in [3.63, 3.8) is 0 Å². The molecule has 1 unspecified atom stereocenters. The normalized spacial score (nSPS) is 22.8. The number of amides is 2.